The number of hydrogen-bond acceptors (Lipinski definition) is 9. The second-order valence-electron chi connectivity index (χ2n) is 13.4. The lowest BCUT2D eigenvalue weighted by molar-refractivity contribution is -0.139. The van der Waals surface area contributed by atoms with Crippen LogP contribution >= 0.6 is 23.2 Å². The lowest BCUT2D eigenvalue weighted by Gasteiger charge is -2.33. The zero-order chi connectivity index (χ0) is 34.8. The average molecular weight is 728 g/mol. The molecule has 0 saturated carbocycles. The predicted octanol–water partition coefficient (Wildman–Crippen LogP) is 5.46. The van der Waals surface area contributed by atoms with Gasteiger partial charge in [-0.25, -0.2) is 4.39 Å². The van der Waals surface area contributed by atoms with Crippen molar-refractivity contribution in [2.45, 2.75) is 75.8 Å². The summed E-state index contributed by atoms with van der Waals surface area (Å²) in [5, 5.41) is 4.22. The van der Waals surface area contributed by atoms with E-state index in [-0.39, 0.29) is 60.1 Å². The van der Waals surface area contributed by atoms with Gasteiger partial charge in [0.15, 0.2) is 5.69 Å². The molecule has 17 heteroatoms. The van der Waals surface area contributed by atoms with E-state index < -0.39 is 34.6 Å². The quantitative estimate of drug-likeness (QED) is 0.261. The minimum absolute atomic E-state index is 0.0342. The maximum absolute atomic E-state index is 14.5. The zero-order valence-corrected chi connectivity index (χ0v) is 28.5. The number of benzene rings is 1. The summed E-state index contributed by atoms with van der Waals surface area (Å²) in [5.74, 6) is 0.149. The number of fused-ring (bicyclic) bond motifs is 3. The summed E-state index contributed by atoms with van der Waals surface area (Å²) in [6, 6.07) is 2.34. The van der Waals surface area contributed by atoms with Crippen molar-refractivity contribution in [3.05, 3.63) is 56.0 Å². The second-order valence-corrected chi connectivity index (χ2v) is 14.2. The van der Waals surface area contributed by atoms with E-state index in [4.69, 9.17) is 48.4 Å². The molecule has 3 atom stereocenters. The van der Waals surface area contributed by atoms with E-state index in [2.05, 4.69) is 10.00 Å². The molecule has 0 aliphatic carbocycles. The molecule has 4 aliphatic rings. The van der Waals surface area contributed by atoms with Gasteiger partial charge in [0.1, 0.15) is 18.6 Å². The molecule has 0 radical (unpaired) electrons. The van der Waals surface area contributed by atoms with Gasteiger partial charge >= 0.3 is 12.2 Å². The van der Waals surface area contributed by atoms with Crippen LogP contribution in [0.4, 0.5) is 29.1 Å². The van der Waals surface area contributed by atoms with Crippen molar-refractivity contribution in [3.8, 4) is 6.01 Å². The van der Waals surface area contributed by atoms with Crippen LogP contribution in [0.1, 0.15) is 70.4 Å². The molecule has 1 amide bonds. The Balaban J connectivity index is 1.27. The third-order valence-electron chi connectivity index (χ3n) is 9.90. The van der Waals surface area contributed by atoms with E-state index in [1.165, 1.54) is 11.0 Å². The van der Waals surface area contributed by atoms with Gasteiger partial charge in [0.2, 0.25) is 0 Å². The third kappa shape index (κ3) is 6.27. The Hall–Kier alpha value is -3.40. The van der Waals surface area contributed by atoms with Crippen molar-refractivity contribution in [1.29, 1.82) is 0 Å². The number of alkyl halides is 4. The van der Waals surface area contributed by atoms with E-state index in [9.17, 15) is 22.4 Å². The van der Waals surface area contributed by atoms with Crippen LogP contribution in [0, 0.1) is 0 Å². The molecule has 0 spiro atoms. The number of carbonyl (C=O) groups is 1. The second kappa shape index (κ2) is 12.7. The number of halogens is 6. The van der Waals surface area contributed by atoms with E-state index >= 15 is 0 Å². The molecule has 49 heavy (non-hydrogen) atoms. The number of hydrogen-bond donors (Lipinski definition) is 1. The van der Waals surface area contributed by atoms with Crippen molar-refractivity contribution < 1.29 is 31.8 Å². The summed E-state index contributed by atoms with van der Waals surface area (Å²) in [6.45, 7) is 2.46. The summed E-state index contributed by atoms with van der Waals surface area (Å²) in [5.41, 5.74) is 6.16. The molecule has 11 nitrogen and oxygen atoms in total. The molecule has 1 unspecified atom stereocenters. The topological polar surface area (TPSA) is 115 Å². The van der Waals surface area contributed by atoms with Gasteiger partial charge in [-0.2, -0.15) is 28.2 Å². The highest BCUT2D eigenvalue weighted by Crippen LogP contribution is 2.45. The highest BCUT2D eigenvalue weighted by atomic mass is 35.5. The summed E-state index contributed by atoms with van der Waals surface area (Å²) in [6.07, 6.45) is -4.13. The highest BCUT2D eigenvalue weighted by molar-refractivity contribution is 6.34. The molecule has 2 aromatic heterocycles. The van der Waals surface area contributed by atoms with Crippen LogP contribution in [0.5, 0.6) is 6.01 Å². The molecule has 1 aromatic carbocycles. The first-order valence-electron chi connectivity index (χ1n) is 16.2. The molecule has 264 valence electrons. The molecule has 7 rings (SSSR count). The molecule has 3 aromatic rings. The number of nitrogen functional groups attached to an aromatic ring is 1. The van der Waals surface area contributed by atoms with Gasteiger partial charge in [-0.05, 0) is 43.5 Å². The lowest BCUT2D eigenvalue weighted by atomic mass is 9.94. The largest absolute Gasteiger partial charge is 0.461 e. The minimum Gasteiger partial charge on any atom is -0.461 e. The zero-order valence-electron chi connectivity index (χ0n) is 27.0. The maximum Gasteiger partial charge on any atom is 0.418 e. The van der Waals surface area contributed by atoms with Gasteiger partial charge in [0.05, 0.1) is 51.8 Å². The number of nitrogens with zero attached hydrogens (tertiary/aromatic N) is 7. The number of rotatable bonds is 6. The van der Waals surface area contributed by atoms with Gasteiger partial charge in [-0.1, -0.05) is 23.2 Å². The van der Waals surface area contributed by atoms with Gasteiger partial charge in [-0.15, -0.1) is 0 Å². The van der Waals surface area contributed by atoms with Crippen LogP contribution in [0.2, 0.25) is 10.0 Å². The van der Waals surface area contributed by atoms with Gasteiger partial charge in [0, 0.05) is 57.8 Å². The van der Waals surface area contributed by atoms with Crippen LogP contribution < -0.4 is 15.4 Å². The first kappa shape index (κ1) is 34.1. The van der Waals surface area contributed by atoms with Crippen molar-refractivity contribution in [2.75, 3.05) is 51.0 Å². The molecule has 2 fully saturated rings. The molecule has 0 bridgehead atoms. The maximum atomic E-state index is 14.5. The van der Waals surface area contributed by atoms with E-state index in [0.29, 0.717) is 55.2 Å². The Morgan fingerprint density at radius 1 is 1.18 bits per heavy atom. The van der Waals surface area contributed by atoms with Crippen molar-refractivity contribution in [3.63, 3.8) is 0 Å². The monoisotopic (exact) mass is 726 g/mol. The number of aryl methyl sites for hydroxylation is 1. The molecular formula is C32H36Cl2F4N8O3. The number of amides is 1. The smallest absolute Gasteiger partial charge is 0.418 e. The van der Waals surface area contributed by atoms with E-state index in [0.717, 1.165) is 25.5 Å². The minimum atomic E-state index is -4.75. The Kier molecular flexibility index (Phi) is 8.85. The van der Waals surface area contributed by atoms with Crippen LogP contribution in [0.15, 0.2) is 12.1 Å². The summed E-state index contributed by atoms with van der Waals surface area (Å²) < 4.78 is 71.3. The fraction of sp³-hybridized carbons (Fsp3) is 0.562. The number of ether oxygens (including phenoxy) is 2. The van der Waals surface area contributed by atoms with Crippen LogP contribution in [-0.2, 0) is 37.0 Å². The predicted molar refractivity (Wildman–Crippen MR) is 174 cm³/mol. The number of aromatic nitrogens is 4. The molecule has 6 heterocycles. The normalized spacial score (nSPS) is 24.0. The lowest BCUT2D eigenvalue weighted by Crippen LogP contribution is -2.43. The number of anilines is 2. The number of carbonyl (C=O) groups excluding carboxylic acids is 1. The molecular weight excluding hydrogens is 691 g/mol. The Labute approximate surface area is 290 Å². The van der Waals surface area contributed by atoms with Crippen molar-refractivity contribution >= 4 is 40.6 Å². The average Bonchev–Trinajstić information content (AvgIpc) is 3.60. The van der Waals surface area contributed by atoms with Crippen LogP contribution in [0.25, 0.3) is 0 Å². The summed E-state index contributed by atoms with van der Waals surface area (Å²) in [4.78, 5) is 27.8. The van der Waals surface area contributed by atoms with Crippen molar-refractivity contribution in [1.82, 2.24) is 29.5 Å². The first-order valence-corrected chi connectivity index (χ1v) is 16.9. The Bertz CT molecular complexity index is 1790. The van der Waals surface area contributed by atoms with Crippen LogP contribution in [0.3, 0.4) is 0 Å². The fourth-order valence-electron chi connectivity index (χ4n) is 7.62. The van der Waals surface area contributed by atoms with Gasteiger partial charge in [0.25, 0.3) is 5.91 Å². The van der Waals surface area contributed by atoms with Gasteiger partial charge < -0.3 is 25.0 Å². The first-order chi connectivity index (χ1) is 23.2. The summed E-state index contributed by atoms with van der Waals surface area (Å²) in [7, 11) is 3.24. The van der Waals surface area contributed by atoms with Crippen LogP contribution in [-0.4, -0.2) is 87.5 Å². The molecule has 2 saturated heterocycles. The fourth-order valence-corrected chi connectivity index (χ4v) is 8.24. The van der Waals surface area contributed by atoms with E-state index in [1.807, 2.05) is 4.90 Å². The third-order valence-corrected chi connectivity index (χ3v) is 10.6. The number of nitrogens with two attached hydrogens (primary N) is 1. The van der Waals surface area contributed by atoms with Gasteiger partial charge in [-0.3, -0.25) is 14.4 Å². The SMILES string of the molecule is CN(C)C(=O)c1nn2c(c1Cl)CN(c1nc(OC[C@@]34CCCN3C[C@H](F)C4)nc3c1COC(c1cc(N)cc(Cl)c1C(F)(F)F)C3)CCC2. The highest BCUT2D eigenvalue weighted by Gasteiger charge is 2.49. The molecule has 2 N–H and O–H groups in total. The molecule has 4 aliphatic heterocycles. The Morgan fingerprint density at radius 2 is 1.98 bits per heavy atom. The standard InChI is InChI=1S/C32H36Cl2F4N8O3/c1-43(2)29(47)27-26(34)23-14-44(6-4-8-46(23)42-27)28-20-15-48-24(19-9-18(39)10-21(33)25(19)32(36,37)38)11-22(20)40-30(41-28)49-16-31-5-3-7-45(31)13-17(35)12-31/h9-10,17,24H,3-8,11-16,39H2,1-2H3/t17-,24?,31+/m1/s1. The van der Waals surface area contributed by atoms with E-state index in [1.54, 1.807) is 18.8 Å². The summed E-state index contributed by atoms with van der Waals surface area (Å²) >= 11 is 12.8. The Morgan fingerprint density at radius 3 is 2.73 bits per heavy atom. The van der Waals surface area contributed by atoms with Crippen molar-refractivity contribution in [2.24, 2.45) is 0 Å².